The Morgan fingerprint density at radius 3 is 2.80 bits per heavy atom. The van der Waals surface area contributed by atoms with Crippen molar-refractivity contribution in [3.63, 3.8) is 0 Å². The average Bonchev–Trinajstić information content (AvgIpc) is 2.95. The van der Waals surface area contributed by atoms with Gasteiger partial charge in [-0.25, -0.2) is 8.42 Å². The molecule has 2 rings (SSSR count). The number of nitrogens with zero attached hydrogens (tertiary/aromatic N) is 1. The summed E-state index contributed by atoms with van der Waals surface area (Å²) in [6.45, 7) is 4.34. The normalized spacial score (nSPS) is 20.4. The van der Waals surface area contributed by atoms with Gasteiger partial charge in [0.15, 0.2) is 0 Å². The highest BCUT2D eigenvalue weighted by Gasteiger charge is 2.33. The molecule has 0 amide bonds. The van der Waals surface area contributed by atoms with Crippen molar-refractivity contribution in [3.8, 4) is 0 Å². The lowest BCUT2D eigenvalue weighted by atomic mass is 10.2. The van der Waals surface area contributed by atoms with E-state index in [0.29, 0.717) is 24.5 Å². The van der Waals surface area contributed by atoms with Crippen LogP contribution >= 0.6 is 0 Å². The molecule has 1 aromatic carbocycles. The fourth-order valence-corrected chi connectivity index (χ4v) is 4.12. The molecule has 0 radical (unpaired) electrons. The fourth-order valence-electron chi connectivity index (χ4n) is 2.41. The number of nitrogens with one attached hydrogen (secondary N) is 1. The molecule has 1 fully saturated rings. The van der Waals surface area contributed by atoms with Crippen molar-refractivity contribution in [2.45, 2.75) is 30.9 Å². The summed E-state index contributed by atoms with van der Waals surface area (Å²) in [4.78, 5) is 0.401. The highest BCUT2D eigenvalue weighted by Crippen LogP contribution is 2.24. The SMILES string of the molecule is CCNCc1ccccc1S(=O)(=O)N1CCC(OC)C1. The maximum atomic E-state index is 12.7. The summed E-state index contributed by atoms with van der Waals surface area (Å²) in [5.41, 5.74) is 0.815. The van der Waals surface area contributed by atoms with E-state index in [4.69, 9.17) is 4.74 Å². The molecule has 20 heavy (non-hydrogen) atoms. The lowest BCUT2D eigenvalue weighted by molar-refractivity contribution is 0.115. The third kappa shape index (κ3) is 3.20. The molecule has 1 N–H and O–H groups in total. The van der Waals surface area contributed by atoms with Crippen LogP contribution in [-0.4, -0.2) is 45.6 Å². The van der Waals surface area contributed by atoms with Gasteiger partial charge in [-0.05, 0) is 24.6 Å². The van der Waals surface area contributed by atoms with E-state index >= 15 is 0 Å². The summed E-state index contributed by atoms with van der Waals surface area (Å²) in [6, 6.07) is 7.18. The number of rotatable bonds is 6. The van der Waals surface area contributed by atoms with Crippen molar-refractivity contribution in [1.29, 1.82) is 0 Å². The van der Waals surface area contributed by atoms with E-state index in [1.54, 1.807) is 19.2 Å². The Bertz CT molecular complexity index is 545. The Hall–Kier alpha value is -0.950. The first kappa shape index (κ1) is 15.4. The molecule has 1 unspecified atom stereocenters. The second kappa shape index (κ2) is 6.67. The van der Waals surface area contributed by atoms with Crippen molar-refractivity contribution >= 4 is 10.0 Å². The Balaban J connectivity index is 2.25. The monoisotopic (exact) mass is 298 g/mol. The van der Waals surface area contributed by atoms with Gasteiger partial charge in [0.05, 0.1) is 11.0 Å². The van der Waals surface area contributed by atoms with Crippen LogP contribution < -0.4 is 5.32 Å². The van der Waals surface area contributed by atoms with Crippen molar-refractivity contribution in [2.75, 3.05) is 26.7 Å². The number of hydrogen-bond acceptors (Lipinski definition) is 4. The predicted molar refractivity (Wildman–Crippen MR) is 78.0 cm³/mol. The highest BCUT2D eigenvalue weighted by atomic mass is 32.2. The largest absolute Gasteiger partial charge is 0.380 e. The van der Waals surface area contributed by atoms with Gasteiger partial charge in [0.25, 0.3) is 0 Å². The van der Waals surface area contributed by atoms with E-state index < -0.39 is 10.0 Å². The molecule has 112 valence electrons. The molecule has 6 heteroatoms. The quantitative estimate of drug-likeness (QED) is 0.857. The fraction of sp³-hybridized carbons (Fsp3) is 0.571. The van der Waals surface area contributed by atoms with Crippen LogP contribution in [-0.2, 0) is 21.3 Å². The molecule has 1 aliphatic rings. The third-order valence-electron chi connectivity index (χ3n) is 3.60. The van der Waals surface area contributed by atoms with Crippen LogP contribution in [0.3, 0.4) is 0 Å². The van der Waals surface area contributed by atoms with E-state index in [-0.39, 0.29) is 6.10 Å². The first-order valence-electron chi connectivity index (χ1n) is 6.91. The standard InChI is InChI=1S/C14H22N2O3S/c1-3-15-10-12-6-4-5-7-14(12)20(17,18)16-9-8-13(11-16)19-2/h4-7,13,15H,3,8-11H2,1-2H3. The molecule has 0 aliphatic carbocycles. The summed E-state index contributed by atoms with van der Waals surface area (Å²) in [6.07, 6.45) is 0.760. The second-order valence-corrected chi connectivity index (χ2v) is 6.80. The van der Waals surface area contributed by atoms with Gasteiger partial charge in [0.2, 0.25) is 10.0 Å². The van der Waals surface area contributed by atoms with Crippen LogP contribution in [0.5, 0.6) is 0 Å². The maximum Gasteiger partial charge on any atom is 0.243 e. The Kier molecular flexibility index (Phi) is 5.15. The molecule has 1 aliphatic heterocycles. The number of ether oxygens (including phenoxy) is 1. The van der Waals surface area contributed by atoms with Gasteiger partial charge in [-0.1, -0.05) is 25.1 Å². The molecule has 0 spiro atoms. The number of hydrogen-bond donors (Lipinski definition) is 1. The van der Waals surface area contributed by atoms with Gasteiger partial charge in [-0.2, -0.15) is 4.31 Å². The highest BCUT2D eigenvalue weighted by molar-refractivity contribution is 7.89. The minimum absolute atomic E-state index is 0.00528. The van der Waals surface area contributed by atoms with Gasteiger partial charge in [0.1, 0.15) is 0 Å². The van der Waals surface area contributed by atoms with Gasteiger partial charge in [-0.15, -0.1) is 0 Å². The van der Waals surface area contributed by atoms with Crippen molar-refractivity contribution in [3.05, 3.63) is 29.8 Å². The summed E-state index contributed by atoms with van der Waals surface area (Å²) >= 11 is 0. The van der Waals surface area contributed by atoms with Crippen LogP contribution in [0.25, 0.3) is 0 Å². The summed E-state index contributed by atoms with van der Waals surface area (Å²) in [5, 5.41) is 3.18. The second-order valence-electron chi connectivity index (χ2n) is 4.90. The van der Waals surface area contributed by atoms with Crippen LogP contribution in [0.4, 0.5) is 0 Å². The first-order chi connectivity index (χ1) is 9.59. The molecule has 0 bridgehead atoms. The molecule has 5 nitrogen and oxygen atoms in total. The molecular weight excluding hydrogens is 276 g/mol. The average molecular weight is 298 g/mol. The maximum absolute atomic E-state index is 12.7. The first-order valence-corrected chi connectivity index (χ1v) is 8.35. The van der Waals surface area contributed by atoms with E-state index in [9.17, 15) is 8.42 Å². The molecule has 1 atom stereocenters. The molecule has 1 heterocycles. The zero-order valence-electron chi connectivity index (χ0n) is 12.0. The lowest BCUT2D eigenvalue weighted by Gasteiger charge is -2.18. The predicted octanol–water partition coefficient (Wildman–Crippen LogP) is 1.21. The van der Waals surface area contributed by atoms with Crippen LogP contribution in [0.15, 0.2) is 29.2 Å². The van der Waals surface area contributed by atoms with Gasteiger partial charge in [0, 0.05) is 26.7 Å². The number of sulfonamides is 1. The molecule has 0 aromatic heterocycles. The van der Waals surface area contributed by atoms with Gasteiger partial charge >= 0.3 is 0 Å². The van der Waals surface area contributed by atoms with E-state index in [1.165, 1.54) is 4.31 Å². The lowest BCUT2D eigenvalue weighted by Crippen LogP contribution is -2.31. The Morgan fingerprint density at radius 1 is 1.40 bits per heavy atom. The van der Waals surface area contributed by atoms with E-state index in [1.807, 2.05) is 19.1 Å². The van der Waals surface area contributed by atoms with Gasteiger partial charge in [-0.3, -0.25) is 0 Å². The summed E-state index contributed by atoms with van der Waals surface area (Å²) in [7, 11) is -1.80. The van der Waals surface area contributed by atoms with E-state index in [0.717, 1.165) is 18.5 Å². The number of benzene rings is 1. The van der Waals surface area contributed by atoms with E-state index in [2.05, 4.69) is 5.32 Å². The minimum atomic E-state index is -3.43. The van der Waals surface area contributed by atoms with Crippen LogP contribution in [0.2, 0.25) is 0 Å². The third-order valence-corrected chi connectivity index (χ3v) is 5.56. The minimum Gasteiger partial charge on any atom is -0.380 e. The number of methoxy groups -OCH3 is 1. The summed E-state index contributed by atoms with van der Waals surface area (Å²) < 4.78 is 32.2. The van der Waals surface area contributed by atoms with Crippen LogP contribution in [0, 0.1) is 0 Å². The van der Waals surface area contributed by atoms with Crippen molar-refractivity contribution in [1.82, 2.24) is 9.62 Å². The van der Waals surface area contributed by atoms with Crippen molar-refractivity contribution in [2.24, 2.45) is 0 Å². The van der Waals surface area contributed by atoms with Gasteiger partial charge < -0.3 is 10.1 Å². The Labute approximate surface area is 121 Å². The zero-order valence-corrected chi connectivity index (χ0v) is 12.8. The topological polar surface area (TPSA) is 58.6 Å². The van der Waals surface area contributed by atoms with Crippen molar-refractivity contribution < 1.29 is 13.2 Å². The molecule has 1 saturated heterocycles. The summed E-state index contributed by atoms with van der Waals surface area (Å²) in [5.74, 6) is 0. The smallest absolute Gasteiger partial charge is 0.243 e. The zero-order chi connectivity index (χ0) is 14.6. The molecular formula is C14H22N2O3S. The Morgan fingerprint density at radius 2 is 2.15 bits per heavy atom. The molecule has 1 aromatic rings. The molecule has 0 saturated carbocycles. The van der Waals surface area contributed by atoms with Crippen LogP contribution in [0.1, 0.15) is 18.9 Å².